The van der Waals surface area contributed by atoms with Crippen LogP contribution in [0.3, 0.4) is 0 Å². The number of hydrogen-bond acceptors (Lipinski definition) is 1. The van der Waals surface area contributed by atoms with Crippen molar-refractivity contribution in [1.82, 2.24) is 0 Å². The van der Waals surface area contributed by atoms with Crippen molar-refractivity contribution < 1.29 is 0 Å². The Morgan fingerprint density at radius 1 is 0.475 bits per heavy atom. The third-order valence-electron chi connectivity index (χ3n) is 7.73. The zero-order valence-corrected chi connectivity index (χ0v) is 23.1. The Hall–Kier alpha value is -4.62. The summed E-state index contributed by atoms with van der Waals surface area (Å²) in [5.74, 6) is 0. The lowest BCUT2D eigenvalue weighted by Crippen LogP contribution is -2.15. The van der Waals surface area contributed by atoms with Gasteiger partial charge in [0.05, 0.1) is 0 Å². The molecule has 5 aromatic rings. The van der Waals surface area contributed by atoms with Gasteiger partial charge in [-0.2, -0.15) is 0 Å². The lowest BCUT2D eigenvalue weighted by molar-refractivity contribution is 0.686. The maximum Gasteiger partial charge on any atom is 0.0496 e. The van der Waals surface area contributed by atoms with Crippen LogP contribution in [0, 0.1) is 6.92 Å². The fraction of sp³-hybridized carbons (Fsp3) is 0.128. The second-order valence-corrected chi connectivity index (χ2v) is 10.6. The van der Waals surface area contributed by atoms with Crippen molar-refractivity contribution in [3.8, 4) is 0 Å². The second-order valence-electron chi connectivity index (χ2n) is 10.6. The molecular formula is C39H35N. The smallest absolute Gasteiger partial charge is 0.0496 e. The van der Waals surface area contributed by atoms with Gasteiger partial charge in [-0.25, -0.2) is 0 Å². The van der Waals surface area contributed by atoms with Crippen molar-refractivity contribution in [1.29, 1.82) is 0 Å². The van der Waals surface area contributed by atoms with Crippen LogP contribution < -0.4 is 4.90 Å². The van der Waals surface area contributed by atoms with E-state index in [-0.39, 0.29) is 0 Å². The van der Waals surface area contributed by atoms with Gasteiger partial charge in [0.15, 0.2) is 0 Å². The maximum absolute atomic E-state index is 2.43. The number of benzene rings is 5. The van der Waals surface area contributed by atoms with E-state index in [0.717, 1.165) is 6.42 Å². The van der Waals surface area contributed by atoms with Gasteiger partial charge in [-0.3, -0.25) is 0 Å². The maximum atomic E-state index is 2.43. The Morgan fingerprint density at radius 2 is 0.975 bits per heavy atom. The first-order valence-electron chi connectivity index (χ1n) is 14.3. The van der Waals surface area contributed by atoms with Crippen molar-refractivity contribution >= 4 is 41.4 Å². The van der Waals surface area contributed by atoms with Crippen molar-refractivity contribution in [2.75, 3.05) is 4.90 Å². The molecule has 0 radical (unpaired) electrons. The molecule has 40 heavy (non-hydrogen) atoms. The van der Waals surface area contributed by atoms with Crippen LogP contribution in [-0.2, 0) is 12.8 Å². The average Bonchev–Trinajstić information content (AvgIpc) is 3.02. The first-order valence-corrected chi connectivity index (χ1v) is 14.3. The van der Waals surface area contributed by atoms with Crippen molar-refractivity contribution in [2.45, 2.75) is 32.6 Å². The van der Waals surface area contributed by atoms with Crippen LogP contribution in [-0.4, -0.2) is 0 Å². The zero-order valence-electron chi connectivity index (χ0n) is 23.1. The van der Waals surface area contributed by atoms with Crippen LogP contribution >= 0.6 is 0 Å². The van der Waals surface area contributed by atoms with Gasteiger partial charge in [0.25, 0.3) is 0 Å². The zero-order chi connectivity index (χ0) is 27.1. The molecular weight excluding hydrogens is 482 g/mol. The summed E-state index contributed by atoms with van der Waals surface area (Å²) in [5.41, 5.74) is 12.7. The molecule has 0 bridgehead atoms. The minimum Gasteiger partial charge on any atom is -0.310 e. The molecule has 0 spiro atoms. The molecule has 0 heterocycles. The number of anilines is 3. The van der Waals surface area contributed by atoms with Gasteiger partial charge in [0, 0.05) is 17.1 Å². The molecule has 5 aromatic carbocycles. The molecule has 1 nitrogen and oxygen atoms in total. The van der Waals surface area contributed by atoms with Crippen molar-refractivity contribution in [3.05, 3.63) is 160 Å². The second kappa shape index (κ2) is 12.1. The minimum absolute atomic E-state index is 1.14. The molecule has 0 aromatic heterocycles. The molecule has 0 amide bonds. The molecule has 6 rings (SSSR count). The molecule has 0 saturated carbocycles. The Labute approximate surface area is 238 Å². The van der Waals surface area contributed by atoms with Crippen molar-refractivity contribution in [3.63, 3.8) is 0 Å². The molecule has 196 valence electrons. The Bertz CT molecular complexity index is 1610. The molecule has 1 aliphatic carbocycles. The molecule has 0 saturated heterocycles. The molecule has 0 fully saturated rings. The molecule has 0 atom stereocenters. The normalized spacial score (nSPS) is 13.0. The Morgan fingerprint density at radius 3 is 1.55 bits per heavy atom. The van der Waals surface area contributed by atoms with E-state index in [1.54, 1.807) is 0 Å². The van der Waals surface area contributed by atoms with Crippen LogP contribution in [0.4, 0.5) is 17.1 Å². The van der Waals surface area contributed by atoms with Crippen molar-refractivity contribution in [2.24, 2.45) is 0 Å². The average molecular weight is 518 g/mol. The van der Waals surface area contributed by atoms with Gasteiger partial charge >= 0.3 is 0 Å². The molecule has 0 N–H and O–H groups in total. The Kier molecular flexibility index (Phi) is 7.73. The lowest BCUT2D eigenvalue weighted by Gasteiger charge is -2.30. The van der Waals surface area contributed by atoms with Gasteiger partial charge in [-0.15, -0.1) is 0 Å². The van der Waals surface area contributed by atoms with Gasteiger partial charge in [-0.1, -0.05) is 121 Å². The summed E-state index contributed by atoms with van der Waals surface area (Å²) in [6, 6.07) is 43.8. The van der Waals surface area contributed by atoms with E-state index in [4.69, 9.17) is 0 Å². The number of rotatable bonds is 7. The fourth-order valence-electron chi connectivity index (χ4n) is 5.49. The monoisotopic (exact) mass is 517 g/mol. The van der Waals surface area contributed by atoms with Gasteiger partial charge < -0.3 is 4.90 Å². The first kappa shape index (κ1) is 25.6. The number of nitrogens with zero attached hydrogens (tertiary/aromatic N) is 1. The summed E-state index contributed by atoms with van der Waals surface area (Å²) in [4.78, 5) is 2.43. The third kappa shape index (κ3) is 6.00. The predicted molar refractivity (Wildman–Crippen MR) is 173 cm³/mol. The number of fused-ring (bicyclic) bond motifs is 1. The van der Waals surface area contributed by atoms with Gasteiger partial charge in [0.1, 0.15) is 0 Å². The predicted octanol–water partition coefficient (Wildman–Crippen LogP) is 10.7. The van der Waals surface area contributed by atoms with E-state index >= 15 is 0 Å². The summed E-state index contributed by atoms with van der Waals surface area (Å²) in [5, 5.41) is 0. The molecule has 0 unspecified atom stereocenters. The first-order chi connectivity index (χ1) is 19.7. The van der Waals surface area contributed by atoms with E-state index in [1.807, 2.05) is 0 Å². The molecule has 0 aliphatic heterocycles. The quantitative estimate of drug-likeness (QED) is 0.194. The fourth-order valence-corrected chi connectivity index (χ4v) is 5.49. The van der Waals surface area contributed by atoms with E-state index < -0.39 is 0 Å². The standard InChI is InChI=1S/C39H35N/c1-30-14-16-32(17-15-30)20-21-34-24-28-37(29-25-34)40(39-13-7-11-35-10-5-6-12-38(35)39)36-26-22-33(23-27-36)19-18-31-8-3-2-4-9-31/h2-4,7-9,11,13-29H,5-6,10,12H2,1H3. The van der Waals surface area contributed by atoms with Gasteiger partial charge in [-0.05, 0) is 96.3 Å². The van der Waals surface area contributed by atoms with E-state index in [9.17, 15) is 0 Å². The third-order valence-corrected chi connectivity index (χ3v) is 7.73. The summed E-state index contributed by atoms with van der Waals surface area (Å²) in [7, 11) is 0. The van der Waals surface area contributed by atoms with E-state index in [2.05, 4.69) is 157 Å². The SMILES string of the molecule is Cc1ccc(C=Cc2ccc(N(c3ccc(C=Cc4ccccc4)cc3)c3cccc4c3CCCC4)cc2)cc1. The summed E-state index contributed by atoms with van der Waals surface area (Å²) in [6.07, 6.45) is 13.6. The topological polar surface area (TPSA) is 3.24 Å². The highest BCUT2D eigenvalue weighted by Crippen LogP contribution is 2.40. The lowest BCUT2D eigenvalue weighted by atomic mass is 9.90. The van der Waals surface area contributed by atoms with Crippen LogP contribution in [0.15, 0.2) is 121 Å². The van der Waals surface area contributed by atoms with E-state index in [0.29, 0.717) is 0 Å². The molecule has 1 aliphatic rings. The van der Waals surface area contributed by atoms with E-state index in [1.165, 1.54) is 75.3 Å². The highest BCUT2D eigenvalue weighted by Gasteiger charge is 2.20. The minimum atomic E-state index is 1.14. The summed E-state index contributed by atoms with van der Waals surface area (Å²) in [6.45, 7) is 2.12. The number of hydrogen-bond donors (Lipinski definition) is 0. The summed E-state index contributed by atoms with van der Waals surface area (Å²) >= 11 is 0. The Balaban J connectivity index is 1.32. The van der Waals surface area contributed by atoms with Gasteiger partial charge in [0.2, 0.25) is 0 Å². The molecule has 1 heteroatoms. The summed E-state index contributed by atoms with van der Waals surface area (Å²) < 4.78 is 0. The van der Waals surface area contributed by atoms with Crippen LogP contribution in [0.5, 0.6) is 0 Å². The number of aryl methyl sites for hydroxylation is 2. The van der Waals surface area contributed by atoms with Crippen LogP contribution in [0.25, 0.3) is 24.3 Å². The van der Waals surface area contributed by atoms with Crippen LogP contribution in [0.2, 0.25) is 0 Å². The highest BCUT2D eigenvalue weighted by atomic mass is 15.1. The highest BCUT2D eigenvalue weighted by molar-refractivity contribution is 5.81. The van der Waals surface area contributed by atoms with Crippen LogP contribution in [0.1, 0.15) is 51.8 Å². The largest absolute Gasteiger partial charge is 0.310 e.